The van der Waals surface area contributed by atoms with Crippen LogP contribution in [0.3, 0.4) is 0 Å². The number of amides is 1. The Bertz CT molecular complexity index is 727. The molecule has 1 amide bonds. The summed E-state index contributed by atoms with van der Waals surface area (Å²) in [6.45, 7) is 2.84. The van der Waals surface area contributed by atoms with Crippen molar-refractivity contribution in [3.63, 3.8) is 0 Å². The molecule has 2 fully saturated rings. The monoisotopic (exact) mass is 316 g/mol. The Morgan fingerprint density at radius 2 is 2.14 bits per heavy atom. The van der Waals surface area contributed by atoms with E-state index in [-0.39, 0.29) is 18.1 Å². The van der Waals surface area contributed by atoms with Crippen molar-refractivity contribution < 1.29 is 9.21 Å². The van der Waals surface area contributed by atoms with E-state index in [0.717, 1.165) is 36.6 Å². The first-order valence-electron chi connectivity index (χ1n) is 7.56. The number of fused-ring (bicyclic) bond motifs is 1. The Balaban J connectivity index is 1.81. The van der Waals surface area contributed by atoms with Crippen LogP contribution in [0.4, 0.5) is 5.69 Å². The van der Waals surface area contributed by atoms with Crippen molar-refractivity contribution in [2.75, 3.05) is 11.4 Å². The van der Waals surface area contributed by atoms with Crippen LogP contribution < -0.4 is 4.90 Å². The molecule has 2 atom stereocenters. The van der Waals surface area contributed by atoms with E-state index in [2.05, 4.69) is 4.90 Å². The first-order valence-corrected chi connectivity index (χ1v) is 7.94. The molecule has 1 aromatic carbocycles. The van der Waals surface area contributed by atoms with E-state index in [0.29, 0.717) is 5.02 Å². The summed E-state index contributed by atoms with van der Waals surface area (Å²) in [6.07, 6.45) is 1.79. The molecule has 22 heavy (non-hydrogen) atoms. The van der Waals surface area contributed by atoms with Gasteiger partial charge in [-0.25, -0.2) is 0 Å². The number of hydrogen-bond donors (Lipinski definition) is 0. The van der Waals surface area contributed by atoms with Crippen LogP contribution in [0.1, 0.15) is 30.5 Å². The van der Waals surface area contributed by atoms with Crippen molar-refractivity contribution in [3.8, 4) is 0 Å². The lowest BCUT2D eigenvalue weighted by atomic mass is 10.2. The molecular formula is C17H17ClN2O2. The molecule has 2 aliphatic heterocycles. The van der Waals surface area contributed by atoms with Crippen LogP contribution >= 0.6 is 11.6 Å². The average molecular weight is 317 g/mol. The molecule has 0 aliphatic carbocycles. The van der Waals surface area contributed by atoms with Gasteiger partial charge in [-0.1, -0.05) is 17.7 Å². The van der Waals surface area contributed by atoms with Gasteiger partial charge in [0.2, 0.25) is 5.91 Å². The van der Waals surface area contributed by atoms with Gasteiger partial charge in [0.15, 0.2) is 0 Å². The van der Waals surface area contributed by atoms with Gasteiger partial charge in [0.25, 0.3) is 0 Å². The maximum Gasteiger partial charge on any atom is 0.246 e. The number of hydrogen-bond acceptors (Lipinski definition) is 3. The maximum atomic E-state index is 12.9. The van der Waals surface area contributed by atoms with E-state index >= 15 is 0 Å². The Morgan fingerprint density at radius 3 is 2.86 bits per heavy atom. The molecule has 0 spiro atoms. The normalized spacial score (nSPS) is 25.0. The van der Waals surface area contributed by atoms with Crippen molar-refractivity contribution in [2.24, 2.45) is 0 Å². The topological polar surface area (TPSA) is 36.7 Å². The third-order valence-electron chi connectivity index (χ3n) is 4.48. The van der Waals surface area contributed by atoms with Gasteiger partial charge in [0.05, 0.1) is 6.04 Å². The van der Waals surface area contributed by atoms with Crippen LogP contribution in [0.25, 0.3) is 0 Å². The van der Waals surface area contributed by atoms with Gasteiger partial charge >= 0.3 is 0 Å². The van der Waals surface area contributed by atoms with Gasteiger partial charge in [-0.05, 0) is 50.1 Å². The summed E-state index contributed by atoms with van der Waals surface area (Å²) < 4.78 is 5.84. The smallest absolute Gasteiger partial charge is 0.246 e. The summed E-state index contributed by atoms with van der Waals surface area (Å²) in [6, 6.07) is 11.3. The number of furan rings is 1. The maximum absolute atomic E-state index is 12.9. The van der Waals surface area contributed by atoms with E-state index in [1.807, 2.05) is 48.2 Å². The molecule has 2 aromatic rings. The predicted molar refractivity (Wildman–Crippen MR) is 84.9 cm³/mol. The minimum absolute atomic E-state index is 0.0469. The van der Waals surface area contributed by atoms with Gasteiger partial charge in [0, 0.05) is 17.3 Å². The molecule has 0 saturated carbocycles. The zero-order valence-corrected chi connectivity index (χ0v) is 13.1. The molecular weight excluding hydrogens is 300 g/mol. The first kappa shape index (κ1) is 13.9. The molecule has 2 saturated heterocycles. The Hall–Kier alpha value is -1.78. The van der Waals surface area contributed by atoms with Crippen LogP contribution in [0, 0.1) is 6.92 Å². The standard InChI is InChI=1S/C17H17ClN2O2/c1-11-7-8-15(22-11)16-19-9-3-6-14(19)17(21)20(16)13-5-2-4-12(18)10-13/h2,4-5,7-8,10,14,16H,3,6,9H2,1H3/t14-,16+/m0/s1. The van der Waals surface area contributed by atoms with Crippen molar-refractivity contribution >= 4 is 23.2 Å². The summed E-state index contributed by atoms with van der Waals surface area (Å²) in [7, 11) is 0. The second-order valence-electron chi connectivity index (χ2n) is 5.91. The zero-order chi connectivity index (χ0) is 15.3. The lowest BCUT2D eigenvalue weighted by Gasteiger charge is -2.27. The second kappa shape index (κ2) is 5.14. The third kappa shape index (κ3) is 2.06. The highest BCUT2D eigenvalue weighted by molar-refractivity contribution is 6.31. The quantitative estimate of drug-likeness (QED) is 0.846. The molecule has 0 bridgehead atoms. The fourth-order valence-electron chi connectivity index (χ4n) is 3.55. The Labute approximate surface area is 134 Å². The summed E-state index contributed by atoms with van der Waals surface area (Å²) in [4.78, 5) is 17.0. The highest BCUT2D eigenvalue weighted by Gasteiger charge is 2.50. The summed E-state index contributed by atoms with van der Waals surface area (Å²) >= 11 is 6.11. The molecule has 4 nitrogen and oxygen atoms in total. The highest BCUT2D eigenvalue weighted by Crippen LogP contribution is 2.43. The van der Waals surface area contributed by atoms with Crippen LogP contribution in [0.5, 0.6) is 0 Å². The summed E-state index contributed by atoms with van der Waals surface area (Å²) in [5.74, 6) is 1.81. The van der Waals surface area contributed by atoms with Gasteiger partial charge in [-0.3, -0.25) is 14.6 Å². The van der Waals surface area contributed by atoms with Crippen LogP contribution in [0.2, 0.25) is 5.02 Å². The van der Waals surface area contributed by atoms with Crippen molar-refractivity contribution in [1.82, 2.24) is 4.90 Å². The number of aryl methyl sites for hydroxylation is 1. The van der Waals surface area contributed by atoms with Gasteiger partial charge in [-0.15, -0.1) is 0 Å². The molecule has 2 aliphatic rings. The highest BCUT2D eigenvalue weighted by atomic mass is 35.5. The largest absolute Gasteiger partial charge is 0.463 e. The van der Waals surface area contributed by atoms with Crippen molar-refractivity contribution in [2.45, 2.75) is 32.0 Å². The number of carbonyl (C=O) groups excluding carboxylic acids is 1. The molecule has 1 aromatic heterocycles. The SMILES string of the molecule is Cc1ccc([C@H]2N(c3cccc(Cl)c3)C(=O)[C@@H]3CCCN32)o1. The van der Waals surface area contributed by atoms with Gasteiger partial charge < -0.3 is 4.42 Å². The van der Waals surface area contributed by atoms with E-state index in [9.17, 15) is 4.79 Å². The molecule has 0 unspecified atom stereocenters. The molecule has 114 valence electrons. The number of halogens is 1. The van der Waals surface area contributed by atoms with Gasteiger partial charge in [-0.2, -0.15) is 0 Å². The van der Waals surface area contributed by atoms with E-state index < -0.39 is 0 Å². The molecule has 0 radical (unpaired) electrons. The van der Waals surface area contributed by atoms with Crippen molar-refractivity contribution in [1.29, 1.82) is 0 Å². The Kier molecular flexibility index (Phi) is 3.24. The second-order valence-corrected chi connectivity index (χ2v) is 6.34. The lowest BCUT2D eigenvalue weighted by molar-refractivity contribution is -0.119. The Morgan fingerprint density at radius 1 is 1.27 bits per heavy atom. The summed E-state index contributed by atoms with van der Waals surface area (Å²) in [5, 5.41) is 0.631. The average Bonchev–Trinajstić information content (AvgIpc) is 3.17. The zero-order valence-electron chi connectivity index (χ0n) is 12.3. The van der Waals surface area contributed by atoms with E-state index in [1.165, 1.54) is 0 Å². The van der Waals surface area contributed by atoms with Gasteiger partial charge in [0.1, 0.15) is 17.7 Å². The number of anilines is 1. The lowest BCUT2D eigenvalue weighted by Crippen LogP contribution is -2.32. The fraction of sp³-hybridized carbons (Fsp3) is 0.353. The third-order valence-corrected chi connectivity index (χ3v) is 4.71. The first-order chi connectivity index (χ1) is 10.6. The number of carbonyl (C=O) groups is 1. The minimum atomic E-state index is -0.174. The number of rotatable bonds is 2. The van der Waals surface area contributed by atoms with Crippen LogP contribution in [0.15, 0.2) is 40.8 Å². The van der Waals surface area contributed by atoms with Crippen molar-refractivity contribution in [3.05, 3.63) is 52.9 Å². The van der Waals surface area contributed by atoms with Crippen LogP contribution in [-0.4, -0.2) is 23.4 Å². The fourth-order valence-corrected chi connectivity index (χ4v) is 3.74. The van der Waals surface area contributed by atoms with E-state index in [4.69, 9.17) is 16.0 Å². The molecule has 0 N–H and O–H groups in total. The minimum Gasteiger partial charge on any atom is -0.463 e. The molecule has 4 rings (SSSR count). The molecule has 5 heteroatoms. The van der Waals surface area contributed by atoms with Crippen LogP contribution in [-0.2, 0) is 4.79 Å². The number of nitrogens with zero attached hydrogens (tertiary/aromatic N) is 2. The number of benzene rings is 1. The predicted octanol–water partition coefficient (Wildman–Crippen LogP) is 3.75. The summed E-state index contributed by atoms with van der Waals surface area (Å²) in [5.41, 5.74) is 0.825. The van der Waals surface area contributed by atoms with E-state index in [1.54, 1.807) is 0 Å². The molecule has 3 heterocycles.